The van der Waals surface area contributed by atoms with Gasteiger partial charge in [0, 0.05) is 10.4 Å². The van der Waals surface area contributed by atoms with Crippen molar-refractivity contribution >= 4 is 44.6 Å². The summed E-state index contributed by atoms with van der Waals surface area (Å²) >= 11 is 0. The summed E-state index contributed by atoms with van der Waals surface area (Å²) in [6.07, 6.45) is -1.65. The summed E-state index contributed by atoms with van der Waals surface area (Å²) in [5.74, 6) is 0. The Bertz CT molecular complexity index is 1120. The van der Waals surface area contributed by atoms with Gasteiger partial charge in [-0.15, -0.1) is 0 Å². The highest BCUT2D eigenvalue weighted by Crippen LogP contribution is 2.44. The molecule has 208 valence electrons. The summed E-state index contributed by atoms with van der Waals surface area (Å²) < 4.78 is 47.2. The van der Waals surface area contributed by atoms with Crippen LogP contribution < -0.4 is 10.4 Å². The Labute approximate surface area is 231 Å². The normalized spacial score (nSPS) is 36.1. The number of hydrogen-bond acceptors (Lipinski definition) is 7. The minimum atomic E-state index is -3.20. The summed E-state index contributed by atoms with van der Waals surface area (Å²) in [5, 5.41) is 1.95. The van der Waals surface area contributed by atoms with Gasteiger partial charge in [-0.2, -0.15) is 0 Å². The molecule has 3 heterocycles. The molecule has 0 spiro atoms. The molecule has 0 saturated carbocycles. The first kappa shape index (κ1) is 28.6. The van der Waals surface area contributed by atoms with Gasteiger partial charge in [-0.1, -0.05) is 60.2 Å². The van der Waals surface area contributed by atoms with Crippen LogP contribution in [0.4, 0.5) is 0 Å². The molecule has 3 aliphatic heterocycles. The largest absolute Gasteiger partial charge is 0.538 e. The van der Waals surface area contributed by atoms with E-state index in [-0.39, 0.29) is 36.6 Å². The summed E-state index contributed by atoms with van der Waals surface area (Å²) in [6.45, 7) is 19.3. The fourth-order valence-electron chi connectivity index (χ4n) is 5.52. The molecule has 2 aromatic rings. The van der Waals surface area contributed by atoms with Gasteiger partial charge in [0.2, 0.25) is 0 Å². The zero-order valence-corrected chi connectivity index (χ0v) is 28.0. The lowest BCUT2D eigenvalue weighted by Crippen LogP contribution is -2.61. The first-order valence-electron chi connectivity index (χ1n) is 13.6. The number of aryl methyl sites for hydroxylation is 1. The highest BCUT2D eigenvalue weighted by molar-refractivity contribution is 6.86. The second kappa shape index (κ2) is 10.1. The van der Waals surface area contributed by atoms with Gasteiger partial charge in [-0.25, -0.2) is 0 Å². The maximum absolute atomic E-state index is 6.97. The van der Waals surface area contributed by atoms with Gasteiger partial charge < -0.3 is 30.7 Å². The van der Waals surface area contributed by atoms with E-state index in [0.29, 0.717) is 0 Å². The van der Waals surface area contributed by atoms with E-state index in [1.165, 1.54) is 5.56 Å². The molecule has 3 aliphatic rings. The first-order chi connectivity index (χ1) is 17.7. The van der Waals surface area contributed by atoms with E-state index in [4.69, 9.17) is 30.7 Å². The van der Waals surface area contributed by atoms with E-state index >= 15 is 0 Å². The minimum absolute atomic E-state index is 0.133. The third kappa shape index (κ3) is 5.61. The molecule has 3 saturated heterocycles. The Hall–Kier alpha value is -0.972. The number of fused-ring (bicyclic) bond motifs is 2. The maximum atomic E-state index is 6.97. The summed E-state index contributed by atoms with van der Waals surface area (Å²) in [6, 6.07) is 18.4. The zero-order chi connectivity index (χ0) is 27.5. The lowest BCUT2D eigenvalue weighted by atomic mass is 9.97. The fraction of sp³-hybridized carbons (Fsp3) is 0.556. The van der Waals surface area contributed by atoms with Crippen LogP contribution in [0, 0.1) is 6.92 Å². The molecule has 2 aromatic carbocycles. The van der Waals surface area contributed by atoms with Crippen LogP contribution in [0.1, 0.15) is 19.4 Å². The van der Waals surface area contributed by atoms with E-state index in [1.807, 2.05) is 30.3 Å². The van der Waals surface area contributed by atoms with Crippen molar-refractivity contribution in [3.05, 3.63) is 60.2 Å². The first-order valence-corrected chi connectivity index (χ1v) is 23.9. The molecule has 8 unspecified atom stereocenters. The highest BCUT2D eigenvalue weighted by atomic mass is 28.5. The standard InChI is InChI=1S/C27H42O7Si4/c1-19-15-17-23(18-16-19)38(34-36(7,8)9)29-21(3)25(31-38)27-26-24(20(2)28-35(4,5)6)30-37(32-26,33-27)22-13-11-10-12-14-22/h10-18,20-21,24-27H,1-9H3. The second-order valence-electron chi connectivity index (χ2n) is 12.6. The third-order valence-corrected chi connectivity index (χ3v) is 16.6. The fourth-order valence-corrected chi connectivity index (χ4v) is 16.2. The van der Waals surface area contributed by atoms with Crippen LogP contribution in [0.5, 0.6) is 0 Å². The molecule has 38 heavy (non-hydrogen) atoms. The van der Waals surface area contributed by atoms with Gasteiger partial charge in [0.25, 0.3) is 0 Å². The van der Waals surface area contributed by atoms with Crippen molar-refractivity contribution in [1.29, 1.82) is 0 Å². The van der Waals surface area contributed by atoms with E-state index in [9.17, 15) is 0 Å². The van der Waals surface area contributed by atoms with Gasteiger partial charge in [0.15, 0.2) is 16.6 Å². The highest BCUT2D eigenvalue weighted by Gasteiger charge is 2.70. The molecule has 7 nitrogen and oxygen atoms in total. The molecule has 0 N–H and O–H groups in total. The molecule has 0 amide bonds. The smallest absolute Gasteiger partial charge is 0.413 e. The van der Waals surface area contributed by atoms with Crippen LogP contribution in [-0.4, -0.2) is 70.9 Å². The average molecular weight is 591 g/mol. The molecule has 5 rings (SSSR count). The van der Waals surface area contributed by atoms with E-state index in [1.54, 1.807) is 0 Å². The van der Waals surface area contributed by atoms with Gasteiger partial charge in [0.1, 0.15) is 24.4 Å². The number of hydrogen-bond donors (Lipinski definition) is 0. The summed E-state index contributed by atoms with van der Waals surface area (Å²) in [7, 11) is -10.2. The maximum Gasteiger partial charge on any atom is 0.538 e. The average Bonchev–Trinajstić information content (AvgIpc) is 3.48. The van der Waals surface area contributed by atoms with Crippen LogP contribution >= 0.6 is 0 Å². The van der Waals surface area contributed by atoms with E-state index < -0.39 is 34.2 Å². The van der Waals surface area contributed by atoms with Crippen LogP contribution in [0.3, 0.4) is 0 Å². The third-order valence-electron chi connectivity index (χ3n) is 6.92. The van der Waals surface area contributed by atoms with Crippen molar-refractivity contribution in [2.45, 2.75) is 96.7 Å². The Balaban J connectivity index is 1.49. The van der Waals surface area contributed by atoms with Gasteiger partial charge in [-0.3, -0.25) is 0 Å². The molecule has 0 aliphatic carbocycles. The molecule has 11 heteroatoms. The zero-order valence-electron chi connectivity index (χ0n) is 24.0. The number of benzene rings is 2. The quantitative estimate of drug-likeness (QED) is 0.430. The Morgan fingerprint density at radius 3 is 1.95 bits per heavy atom. The molecule has 8 atom stereocenters. The molecule has 0 aromatic heterocycles. The van der Waals surface area contributed by atoms with Crippen molar-refractivity contribution in [1.82, 2.24) is 0 Å². The predicted molar refractivity (Wildman–Crippen MR) is 157 cm³/mol. The SMILES string of the molecule is Cc1ccc([Si]2(O[Si](C)(C)C)OC(C)C(C3O[Si]4(c5ccccc5)OC(C(C)O[Si](C)(C)C)C3O4)O2)cc1. The van der Waals surface area contributed by atoms with Crippen molar-refractivity contribution in [3.8, 4) is 0 Å². The van der Waals surface area contributed by atoms with Crippen molar-refractivity contribution in [3.63, 3.8) is 0 Å². The minimum Gasteiger partial charge on any atom is -0.413 e. The Kier molecular flexibility index (Phi) is 7.62. The summed E-state index contributed by atoms with van der Waals surface area (Å²) in [4.78, 5) is 0. The Morgan fingerprint density at radius 1 is 0.711 bits per heavy atom. The lowest BCUT2D eigenvalue weighted by molar-refractivity contribution is -0.0703. The van der Waals surface area contributed by atoms with Crippen molar-refractivity contribution in [2.75, 3.05) is 0 Å². The predicted octanol–water partition coefficient (Wildman–Crippen LogP) is 4.07. The van der Waals surface area contributed by atoms with Gasteiger partial charge in [-0.05, 0) is 60.1 Å². The van der Waals surface area contributed by atoms with Crippen LogP contribution in [-0.2, 0) is 30.7 Å². The van der Waals surface area contributed by atoms with Crippen LogP contribution in [0.25, 0.3) is 0 Å². The van der Waals surface area contributed by atoms with Gasteiger partial charge >= 0.3 is 17.6 Å². The van der Waals surface area contributed by atoms with Crippen LogP contribution in [0.2, 0.25) is 39.3 Å². The monoisotopic (exact) mass is 590 g/mol. The molecule has 3 fully saturated rings. The topological polar surface area (TPSA) is 64.6 Å². The molecule has 2 bridgehead atoms. The van der Waals surface area contributed by atoms with E-state index in [2.05, 4.69) is 84.3 Å². The molecule has 0 radical (unpaired) electrons. The molecular weight excluding hydrogens is 549 g/mol. The van der Waals surface area contributed by atoms with Crippen molar-refractivity contribution < 1.29 is 30.7 Å². The van der Waals surface area contributed by atoms with E-state index in [0.717, 1.165) is 10.4 Å². The summed E-state index contributed by atoms with van der Waals surface area (Å²) in [5.41, 5.74) is 1.19. The number of rotatable bonds is 8. The van der Waals surface area contributed by atoms with Crippen molar-refractivity contribution in [2.24, 2.45) is 0 Å². The Morgan fingerprint density at radius 2 is 1.34 bits per heavy atom. The molecular formula is C27H42O7Si4. The van der Waals surface area contributed by atoms with Crippen LogP contribution in [0.15, 0.2) is 54.6 Å². The van der Waals surface area contributed by atoms with Gasteiger partial charge in [0.05, 0.1) is 12.2 Å². The lowest BCUT2D eigenvalue weighted by Gasteiger charge is -2.38. The second-order valence-corrected chi connectivity index (χ2v) is 26.7.